The molecule has 1 saturated carbocycles. The summed E-state index contributed by atoms with van der Waals surface area (Å²) in [5, 5.41) is 5.76. The van der Waals surface area contributed by atoms with Crippen LogP contribution in [0.1, 0.15) is 32.1 Å². The second-order valence-electron chi connectivity index (χ2n) is 5.51. The van der Waals surface area contributed by atoms with Gasteiger partial charge in [-0.25, -0.2) is 4.98 Å². The van der Waals surface area contributed by atoms with Crippen molar-refractivity contribution in [2.75, 3.05) is 25.6 Å². The third kappa shape index (κ3) is 3.37. The summed E-state index contributed by atoms with van der Waals surface area (Å²) in [4.78, 5) is 4.64. The van der Waals surface area contributed by atoms with Gasteiger partial charge in [-0.2, -0.15) is 0 Å². The summed E-state index contributed by atoms with van der Waals surface area (Å²) >= 11 is 1.79. The van der Waals surface area contributed by atoms with E-state index < -0.39 is 0 Å². The highest BCUT2D eigenvalue weighted by Gasteiger charge is 2.35. The van der Waals surface area contributed by atoms with E-state index in [1.807, 2.05) is 0 Å². The minimum Gasteiger partial charge on any atom is -0.385 e. The quantitative estimate of drug-likeness (QED) is 0.828. The average molecular weight is 278 g/mol. The number of methoxy groups -OCH3 is 1. The third-order valence-corrected chi connectivity index (χ3v) is 5.09. The Morgan fingerprint density at radius 3 is 3.00 bits per heavy atom. The molecule has 0 saturated heterocycles. The van der Waals surface area contributed by atoms with Gasteiger partial charge in [0.1, 0.15) is 0 Å². The van der Waals surface area contributed by atoms with Gasteiger partial charge < -0.3 is 10.1 Å². The fourth-order valence-corrected chi connectivity index (χ4v) is 3.76. The zero-order valence-electron chi connectivity index (χ0n) is 11.5. The van der Waals surface area contributed by atoms with Crippen LogP contribution in [-0.2, 0) is 4.74 Å². The fraction of sp³-hybridized carbons (Fsp3) is 0.667. The standard InChI is InChI=1S/C15H22N2OS/c1-18-9-7-12-10-11(12)6-8-16-15-17-13-4-2-3-5-14(13)19-15/h4-5,11-12H,2-3,6-10H2,1H3,(H,16,17). The number of rotatable bonds is 7. The number of aromatic nitrogens is 1. The highest BCUT2D eigenvalue weighted by Crippen LogP contribution is 2.43. The Bertz CT molecular complexity index is 503. The molecule has 1 aromatic heterocycles. The first-order valence-electron chi connectivity index (χ1n) is 7.27. The van der Waals surface area contributed by atoms with E-state index in [-0.39, 0.29) is 0 Å². The molecule has 2 atom stereocenters. The van der Waals surface area contributed by atoms with Gasteiger partial charge in [0.05, 0.1) is 9.88 Å². The van der Waals surface area contributed by atoms with Crippen molar-refractivity contribution in [2.45, 2.75) is 32.1 Å². The Kier molecular flexibility index (Phi) is 4.18. The van der Waals surface area contributed by atoms with Gasteiger partial charge in [-0.15, -0.1) is 0 Å². The summed E-state index contributed by atoms with van der Waals surface area (Å²) in [6, 6.07) is 0. The monoisotopic (exact) mass is 278 g/mol. The van der Waals surface area contributed by atoms with E-state index >= 15 is 0 Å². The Morgan fingerprint density at radius 1 is 1.32 bits per heavy atom. The molecule has 104 valence electrons. The van der Waals surface area contributed by atoms with Crippen molar-refractivity contribution in [3.8, 4) is 0 Å². The molecule has 2 unspecified atom stereocenters. The van der Waals surface area contributed by atoms with E-state index in [0.717, 1.165) is 43.0 Å². The maximum Gasteiger partial charge on any atom is 0.183 e. The summed E-state index contributed by atoms with van der Waals surface area (Å²) in [6.07, 6.45) is 10.7. The Morgan fingerprint density at radius 2 is 2.16 bits per heavy atom. The molecular weight excluding hydrogens is 256 g/mol. The van der Waals surface area contributed by atoms with Gasteiger partial charge in [0.2, 0.25) is 0 Å². The molecule has 0 aliphatic heterocycles. The molecule has 0 spiro atoms. The molecule has 1 N–H and O–H groups in total. The van der Waals surface area contributed by atoms with Crippen LogP contribution in [0.4, 0.5) is 5.13 Å². The van der Waals surface area contributed by atoms with Gasteiger partial charge in [-0.1, -0.05) is 23.5 Å². The van der Waals surface area contributed by atoms with Gasteiger partial charge in [0.15, 0.2) is 5.13 Å². The Balaban J connectivity index is 1.43. The van der Waals surface area contributed by atoms with E-state index in [2.05, 4.69) is 22.5 Å². The highest BCUT2D eigenvalue weighted by atomic mass is 32.1. The van der Waals surface area contributed by atoms with E-state index in [0.29, 0.717) is 0 Å². The van der Waals surface area contributed by atoms with E-state index in [1.165, 1.54) is 29.1 Å². The second kappa shape index (κ2) is 6.06. The summed E-state index contributed by atoms with van der Waals surface area (Å²) < 4.78 is 6.48. The molecule has 4 heteroatoms. The maximum absolute atomic E-state index is 5.13. The lowest BCUT2D eigenvalue weighted by Crippen LogP contribution is -2.22. The third-order valence-electron chi connectivity index (χ3n) is 4.07. The van der Waals surface area contributed by atoms with Crippen LogP contribution in [0.2, 0.25) is 0 Å². The average Bonchev–Trinajstić information content (AvgIpc) is 3.03. The van der Waals surface area contributed by atoms with Crippen LogP contribution in [0.3, 0.4) is 0 Å². The fourth-order valence-electron chi connectivity index (χ4n) is 2.80. The first-order valence-corrected chi connectivity index (χ1v) is 8.08. The van der Waals surface area contributed by atoms with Crippen molar-refractivity contribution < 1.29 is 4.74 Å². The number of ether oxygens (including phenoxy) is 1. The van der Waals surface area contributed by atoms with Crippen molar-refractivity contribution in [3.05, 3.63) is 9.88 Å². The van der Waals surface area contributed by atoms with Crippen LogP contribution >= 0.6 is 11.3 Å². The van der Waals surface area contributed by atoms with Crippen LogP contribution in [0.5, 0.6) is 0 Å². The van der Waals surface area contributed by atoms with Gasteiger partial charge in [-0.05, 0) is 43.9 Å². The van der Waals surface area contributed by atoms with Gasteiger partial charge in [0.25, 0.3) is 0 Å². The molecule has 3 rings (SSSR count). The van der Waals surface area contributed by atoms with Crippen LogP contribution in [-0.4, -0.2) is 25.2 Å². The predicted molar refractivity (Wildman–Crippen MR) is 80.7 cm³/mol. The Hall–Kier alpha value is -0.870. The second-order valence-corrected chi connectivity index (χ2v) is 6.54. The largest absolute Gasteiger partial charge is 0.385 e. The van der Waals surface area contributed by atoms with E-state index in [1.54, 1.807) is 18.4 Å². The molecule has 1 aromatic rings. The number of nitrogens with zero attached hydrogens (tertiary/aromatic N) is 1. The highest BCUT2D eigenvalue weighted by molar-refractivity contribution is 7.13. The van der Waals surface area contributed by atoms with Gasteiger partial charge in [-0.3, -0.25) is 0 Å². The summed E-state index contributed by atoms with van der Waals surface area (Å²) in [5.41, 5.74) is 0. The van der Waals surface area contributed by atoms with Crippen molar-refractivity contribution >= 4 is 28.6 Å². The van der Waals surface area contributed by atoms with E-state index in [9.17, 15) is 0 Å². The topological polar surface area (TPSA) is 34.1 Å². The lowest BCUT2D eigenvalue weighted by atomic mass is 10.2. The van der Waals surface area contributed by atoms with Gasteiger partial charge in [0, 0.05) is 20.3 Å². The number of hydrogen-bond acceptors (Lipinski definition) is 4. The maximum atomic E-state index is 5.13. The van der Waals surface area contributed by atoms with Crippen LogP contribution in [0, 0.1) is 11.8 Å². The molecule has 19 heavy (non-hydrogen) atoms. The normalized spacial score (nSPS) is 24.3. The summed E-state index contributed by atoms with van der Waals surface area (Å²) in [5.74, 6) is 1.82. The molecule has 0 amide bonds. The first-order chi connectivity index (χ1) is 9.36. The number of hydrogen-bond donors (Lipinski definition) is 1. The van der Waals surface area contributed by atoms with Crippen molar-refractivity contribution in [1.29, 1.82) is 0 Å². The van der Waals surface area contributed by atoms with Crippen LogP contribution < -0.4 is 15.2 Å². The Labute approximate surface area is 118 Å². The smallest absolute Gasteiger partial charge is 0.183 e. The number of nitrogens with one attached hydrogen (secondary N) is 1. The molecular formula is C15H22N2OS. The van der Waals surface area contributed by atoms with E-state index in [4.69, 9.17) is 4.74 Å². The van der Waals surface area contributed by atoms with Crippen molar-refractivity contribution in [2.24, 2.45) is 11.8 Å². The lowest BCUT2D eigenvalue weighted by Gasteiger charge is -2.02. The summed E-state index contributed by atoms with van der Waals surface area (Å²) in [7, 11) is 1.79. The number of thiazole rings is 1. The van der Waals surface area contributed by atoms with Crippen LogP contribution in [0.15, 0.2) is 0 Å². The molecule has 0 aromatic carbocycles. The van der Waals surface area contributed by atoms with Gasteiger partial charge >= 0.3 is 0 Å². The van der Waals surface area contributed by atoms with Crippen LogP contribution in [0.25, 0.3) is 12.2 Å². The molecule has 0 bridgehead atoms. The first kappa shape index (κ1) is 13.1. The zero-order valence-corrected chi connectivity index (χ0v) is 12.3. The molecule has 1 fully saturated rings. The molecule has 2 aliphatic rings. The molecule has 2 aliphatic carbocycles. The summed E-state index contributed by atoms with van der Waals surface area (Å²) in [6.45, 7) is 1.97. The number of anilines is 1. The lowest BCUT2D eigenvalue weighted by molar-refractivity contribution is 0.188. The molecule has 1 heterocycles. The van der Waals surface area contributed by atoms with Crippen molar-refractivity contribution in [1.82, 2.24) is 4.98 Å². The molecule has 0 radical (unpaired) electrons. The zero-order chi connectivity index (χ0) is 13.1. The minimum absolute atomic E-state index is 0.910. The minimum atomic E-state index is 0.910. The predicted octanol–water partition coefficient (Wildman–Crippen LogP) is 1.97. The molecule has 3 nitrogen and oxygen atoms in total. The van der Waals surface area contributed by atoms with Crippen molar-refractivity contribution in [3.63, 3.8) is 0 Å². The number of fused-ring (bicyclic) bond motifs is 1. The SMILES string of the molecule is COCCC1CC1CCNc1nc2c(s1)=CCCC=2.